The Bertz CT molecular complexity index is 443. The Kier molecular flexibility index (Phi) is 3.67. The summed E-state index contributed by atoms with van der Waals surface area (Å²) in [6.45, 7) is 5.80. The van der Waals surface area contributed by atoms with Gasteiger partial charge in [-0.3, -0.25) is 0 Å². The molecule has 2 nitrogen and oxygen atoms in total. The minimum atomic E-state index is 0.404. The molecule has 2 heteroatoms. The lowest BCUT2D eigenvalue weighted by Crippen LogP contribution is -2.29. The molecule has 1 aromatic rings. The Hall–Kier alpha value is -1.18. The number of benzene rings is 1. The van der Waals surface area contributed by atoms with E-state index in [1.807, 2.05) is 0 Å². The van der Waals surface area contributed by atoms with Gasteiger partial charge >= 0.3 is 0 Å². The van der Waals surface area contributed by atoms with Crippen molar-refractivity contribution in [3.05, 3.63) is 23.8 Å². The van der Waals surface area contributed by atoms with E-state index >= 15 is 0 Å². The Labute approximate surface area is 116 Å². The zero-order valence-electron chi connectivity index (χ0n) is 12.1. The van der Waals surface area contributed by atoms with E-state index in [2.05, 4.69) is 37.4 Å². The number of anilines is 1. The quantitative estimate of drug-likeness (QED) is 0.857. The van der Waals surface area contributed by atoms with Gasteiger partial charge in [-0.15, -0.1) is 0 Å². The van der Waals surface area contributed by atoms with Gasteiger partial charge in [0.2, 0.25) is 0 Å². The minimum Gasteiger partial charge on any atom is -0.488 e. The van der Waals surface area contributed by atoms with Crippen LogP contribution in [-0.2, 0) is 6.42 Å². The summed E-state index contributed by atoms with van der Waals surface area (Å²) in [7, 11) is 0. The molecule has 104 valence electrons. The second-order valence-electron chi connectivity index (χ2n) is 6.33. The largest absolute Gasteiger partial charge is 0.488 e. The predicted molar refractivity (Wildman–Crippen MR) is 79.8 cm³/mol. The van der Waals surface area contributed by atoms with Gasteiger partial charge in [-0.05, 0) is 55.6 Å². The average molecular weight is 259 g/mol. The third-order valence-corrected chi connectivity index (χ3v) is 4.88. The monoisotopic (exact) mass is 259 g/mol. The fourth-order valence-electron chi connectivity index (χ4n) is 3.36. The number of ether oxygens (including phenoxy) is 1. The first-order valence-electron chi connectivity index (χ1n) is 7.76. The molecule has 1 aliphatic heterocycles. The molecule has 3 unspecified atom stereocenters. The molecule has 0 saturated heterocycles. The van der Waals surface area contributed by atoms with Crippen LogP contribution in [-0.4, -0.2) is 12.6 Å². The summed E-state index contributed by atoms with van der Waals surface area (Å²) in [6, 6.07) is 6.48. The number of hydrogen-bond donors (Lipinski definition) is 1. The normalized spacial score (nSPS) is 30.3. The molecule has 0 spiro atoms. The van der Waals surface area contributed by atoms with Gasteiger partial charge in [0.05, 0.1) is 11.8 Å². The van der Waals surface area contributed by atoms with Crippen molar-refractivity contribution < 1.29 is 4.74 Å². The van der Waals surface area contributed by atoms with Crippen molar-refractivity contribution in [3.8, 4) is 5.75 Å². The van der Waals surface area contributed by atoms with Gasteiger partial charge in [-0.1, -0.05) is 26.0 Å². The van der Waals surface area contributed by atoms with E-state index in [1.54, 1.807) is 0 Å². The van der Waals surface area contributed by atoms with E-state index in [0.29, 0.717) is 6.10 Å². The summed E-state index contributed by atoms with van der Waals surface area (Å²) in [6.07, 6.45) is 6.52. The smallest absolute Gasteiger partial charge is 0.143 e. The van der Waals surface area contributed by atoms with Crippen molar-refractivity contribution in [1.82, 2.24) is 0 Å². The third-order valence-electron chi connectivity index (χ3n) is 4.88. The van der Waals surface area contributed by atoms with Crippen LogP contribution in [0.25, 0.3) is 0 Å². The highest BCUT2D eigenvalue weighted by Gasteiger charge is 2.26. The van der Waals surface area contributed by atoms with Crippen LogP contribution in [0.2, 0.25) is 0 Å². The first kappa shape index (κ1) is 12.8. The van der Waals surface area contributed by atoms with Crippen molar-refractivity contribution in [2.45, 2.75) is 52.1 Å². The maximum absolute atomic E-state index is 6.31. The van der Waals surface area contributed by atoms with Crippen LogP contribution in [0.15, 0.2) is 18.2 Å². The molecule has 3 atom stereocenters. The average Bonchev–Trinajstić information content (AvgIpc) is 2.43. The molecule has 1 aromatic carbocycles. The molecule has 1 N–H and O–H groups in total. The maximum atomic E-state index is 6.31. The van der Waals surface area contributed by atoms with E-state index in [4.69, 9.17) is 4.74 Å². The SMILES string of the molecule is CC1CCC(Oc2cccc3c2NCCC3)CC1C. The molecular formula is C17H25NO. The first-order valence-corrected chi connectivity index (χ1v) is 7.76. The zero-order valence-corrected chi connectivity index (χ0v) is 12.1. The first-order chi connectivity index (χ1) is 9.24. The van der Waals surface area contributed by atoms with E-state index in [9.17, 15) is 0 Å². The lowest BCUT2D eigenvalue weighted by atomic mass is 9.80. The van der Waals surface area contributed by atoms with Crippen LogP contribution in [0.1, 0.15) is 45.1 Å². The molecule has 0 radical (unpaired) electrons. The summed E-state index contributed by atoms with van der Waals surface area (Å²) < 4.78 is 6.31. The fourth-order valence-corrected chi connectivity index (χ4v) is 3.36. The van der Waals surface area contributed by atoms with Gasteiger partial charge in [0.1, 0.15) is 5.75 Å². The maximum Gasteiger partial charge on any atom is 0.143 e. The minimum absolute atomic E-state index is 0.404. The van der Waals surface area contributed by atoms with Crippen molar-refractivity contribution in [2.75, 3.05) is 11.9 Å². The zero-order chi connectivity index (χ0) is 13.2. The number of hydrogen-bond acceptors (Lipinski definition) is 2. The highest BCUT2D eigenvalue weighted by Crippen LogP contribution is 2.36. The van der Waals surface area contributed by atoms with Crippen LogP contribution >= 0.6 is 0 Å². The van der Waals surface area contributed by atoms with Crippen molar-refractivity contribution in [3.63, 3.8) is 0 Å². The summed E-state index contributed by atoms with van der Waals surface area (Å²) in [5.41, 5.74) is 2.67. The Morgan fingerprint density at radius 1 is 1.16 bits per heavy atom. The molecule has 1 fully saturated rings. The van der Waals surface area contributed by atoms with Crippen molar-refractivity contribution >= 4 is 5.69 Å². The second kappa shape index (κ2) is 5.44. The number of aryl methyl sites for hydroxylation is 1. The van der Waals surface area contributed by atoms with Gasteiger partial charge in [0.25, 0.3) is 0 Å². The Balaban J connectivity index is 1.73. The molecule has 3 rings (SSSR count). The van der Waals surface area contributed by atoms with Crippen LogP contribution in [0, 0.1) is 11.8 Å². The number of nitrogens with one attached hydrogen (secondary N) is 1. The molecule has 1 aliphatic carbocycles. The number of para-hydroxylation sites is 1. The Morgan fingerprint density at radius 3 is 2.89 bits per heavy atom. The van der Waals surface area contributed by atoms with Gasteiger partial charge in [0, 0.05) is 6.54 Å². The standard InChI is InChI=1S/C17H25NO/c1-12-8-9-15(11-13(12)2)19-16-7-3-5-14-6-4-10-18-17(14)16/h3,5,7,12-13,15,18H,4,6,8-11H2,1-2H3. The molecular weight excluding hydrogens is 234 g/mol. The number of rotatable bonds is 2. The van der Waals surface area contributed by atoms with Gasteiger partial charge < -0.3 is 10.1 Å². The highest BCUT2D eigenvalue weighted by molar-refractivity contribution is 5.63. The molecule has 2 aliphatic rings. The number of fused-ring (bicyclic) bond motifs is 1. The van der Waals surface area contributed by atoms with Crippen molar-refractivity contribution in [2.24, 2.45) is 11.8 Å². The second-order valence-corrected chi connectivity index (χ2v) is 6.33. The molecule has 19 heavy (non-hydrogen) atoms. The van der Waals surface area contributed by atoms with Crippen LogP contribution in [0.4, 0.5) is 5.69 Å². The van der Waals surface area contributed by atoms with E-state index < -0.39 is 0 Å². The third kappa shape index (κ3) is 2.72. The molecule has 0 bridgehead atoms. The Morgan fingerprint density at radius 2 is 2.05 bits per heavy atom. The summed E-state index contributed by atoms with van der Waals surface area (Å²) in [5, 5.41) is 3.52. The van der Waals surface area contributed by atoms with E-state index in [0.717, 1.165) is 24.1 Å². The highest BCUT2D eigenvalue weighted by atomic mass is 16.5. The lowest BCUT2D eigenvalue weighted by molar-refractivity contribution is 0.101. The van der Waals surface area contributed by atoms with Crippen molar-refractivity contribution in [1.29, 1.82) is 0 Å². The summed E-state index contributed by atoms with van der Waals surface area (Å²) in [4.78, 5) is 0. The van der Waals surface area contributed by atoms with Gasteiger partial charge in [-0.25, -0.2) is 0 Å². The summed E-state index contributed by atoms with van der Waals surface area (Å²) >= 11 is 0. The molecule has 1 heterocycles. The van der Waals surface area contributed by atoms with E-state index in [-0.39, 0.29) is 0 Å². The summed E-state index contributed by atoms with van der Waals surface area (Å²) in [5.74, 6) is 2.71. The van der Waals surface area contributed by atoms with Crippen LogP contribution in [0.5, 0.6) is 5.75 Å². The van der Waals surface area contributed by atoms with Gasteiger partial charge in [-0.2, -0.15) is 0 Å². The topological polar surface area (TPSA) is 21.3 Å². The van der Waals surface area contributed by atoms with Gasteiger partial charge in [0.15, 0.2) is 0 Å². The molecule has 0 amide bonds. The van der Waals surface area contributed by atoms with Crippen LogP contribution < -0.4 is 10.1 Å². The van der Waals surface area contributed by atoms with Crippen LogP contribution in [0.3, 0.4) is 0 Å². The molecule has 1 saturated carbocycles. The molecule has 0 aromatic heterocycles. The lowest BCUT2D eigenvalue weighted by Gasteiger charge is -2.33. The predicted octanol–water partition coefficient (Wildman–Crippen LogP) is 4.25. The fraction of sp³-hybridized carbons (Fsp3) is 0.647. The van der Waals surface area contributed by atoms with E-state index in [1.165, 1.54) is 43.4 Å².